The third-order valence-electron chi connectivity index (χ3n) is 3.99. The molecule has 1 fully saturated rings. The molecule has 106 valence electrons. The monoisotopic (exact) mass is 277 g/mol. The van der Waals surface area contributed by atoms with Crippen molar-refractivity contribution in [3.8, 4) is 0 Å². The van der Waals surface area contributed by atoms with Gasteiger partial charge >= 0.3 is 0 Å². The SMILES string of the molecule is O=C(/C=C/c1ccccc1)N1CCC(c2ccccc2)C1. The number of hydrogen-bond donors (Lipinski definition) is 0. The molecule has 21 heavy (non-hydrogen) atoms. The van der Waals surface area contributed by atoms with Gasteiger partial charge in [-0.15, -0.1) is 0 Å². The van der Waals surface area contributed by atoms with Crippen molar-refractivity contribution in [2.75, 3.05) is 13.1 Å². The molecule has 2 aromatic carbocycles. The minimum atomic E-state index is 0.109. The highest BCUT2D eigenvalue weighted by Gasteiger charge is 2.25. The van der Waals surface area contributed by atoms with Gasteiger partial charge in [-0.2, -0.15) is 0 Å². The van der Waals surface area contributed by atoms with Crippen molar-refractivity contribution in [2.24, 2.45) is 0 Å². The van der Waals surface area contributed by atoms with E-state index >= 15 is 0 Å². The van der Waals surface area contributed by atoms with E-state index in [4.69, 9.17) is 0 Å². The maximum atomic E-state index is 12.2. The molecule has 2 heteroatoms. The van der Waals surface area contributed by atoms with E-state index in [1.54, 1.807) is 6.08 Å². The Balaban J connectivity index is 1.61. The van der Waals surface area contributed by atoms with Crippen LogP contribution in [-0.2, 0) is 4.79 Å². The molecule has 1 amide bonds. The molecule has 1 atom stereocenters. The molecular formula is C19H19NO. The van der Waals surface area contributed by atoms with Crippen molar-refractivity contribution >= 4 is 12.0 Å². The summed E-state index contributed by atoms with van der Waals surface area (Å²) in [6, 6.07) is 20.4. The first-order valence-corrected chi connectivity index (χ1v) is 7.40. The Hall–Kier alpha value is -2.35. The molecule has 1 unspecified atom stereocenters. The normalized spacial score (nSPS) is 18.3. The fourth-order valence-electron chi connectivity index (χ4n) is 2.79. The van der Waals surface area contributed by atoms with Gasteiger partial charge in [0.1, 0.15) is 0 Å². The third-order valence-corrected chi connectivity index (χ3v) is 3.99. The van der Waals surface area contributed by atoms with Gasteiger partial charge in [0, 0.05) is 25.1 Å². The molecule has 0 bridgehead atoms. The number of benzene rings is 2. The predicted molar refractivity (Wildman–Crippen MR) is 85.9 cm³/mol. The molecule has 1 aliphatic rings. The number of carbonyl (C=O) groups excluding carboxylic acids is 1. The maximum absolute atomic E-state index is 12.2. The van der Waals surface area contributed by atoms with Crippen LogP contribution in [0.2, 0.25) is 0 Å². The molecule has 0 aliphatic carbocycles. The zero-order valence-corrected chi connectivity index (χ0v) is 12.0. The Kier molecular flexibility index (Phi) is 4.15. The van der Waals surface area contributed by atoms with Gasteiger partial charge in [0.15, 0.2) is 0 Å². The van der Waals surface area contributed by atoms with E-state index in [1.807, 2.05) is 47.4 Å². The van der Waals surface area contributed by atoms with Crippen molar-refractivity contribution in [3.63, 3.8) is 0 Å². The molecule has 0 saturated carbocycles. The molecule has 0 aromatic heterocycles. The lowest BCUT2D eigenvalue weighted by Crippen LogP contribution is -2.26. The van der Waals surface area contributed by atoms with Crippen molar-refractivity contribution in [3.05, 3.63) is 77.9 Å². The highest BCUT2D eigenvalue weighted by Crippen LogP contribution is 2.27. The summed E-state index contributed by atoms with van der Waals surface area (Å²) < 4.78 is 0. The standard InChI is InChI=1S/C19H19NO/c21-19(12-11-16-7-3-1-4-8-16)20-14-13-18(15-20)17-9-5-2-6-10-17/h1-12,18H,13-15H2/b12-11+. The number of likely N-dealkylation sites (tertiary alicyclic amines) is 1. The molecule has 0 N–H and O–H groups in total. The number of carbonyl (C=O) groups is 1. The minimum absolute atomic E-state index is 0.109. The third kappa shape index (κ3) is 3.40. The Morgan fingerprint density at radius 1 is 1.00 bits per heavy atom. The smallest absolute Gasteiger partial charge is 0.246 e. The number of hydrogen-bond acceptors (Lipinski definition) is 1. The number of nitrogens with zero attached hydrogens (tertiary/aromatic N) is 1. The summed E-state index contributed by atoms with van der Waals surface area (Å²) in [6.45, 7) is 1.67. The highest BCUT2D eigenvalue weighted by molar-refractivity contribution is 5.92. The second-order valence-corrected chi connectivity index (χ2v) is 5.42. The lowest BCUT2D eigenvalue weighted by Gasteiger charge is -2.14. The van der Waals surface area contributed by atoms with Crippen molar-refractivity contribution in [1.82, 2.24) is 4.90 Å². The first-order chi connectivity index (χ1) is 10.3. The summed E-state index contributed by atoms with van der Waals surface area (Å²) in [4.78, 5) is 14.2. The average molecular weight is 277 g/mol. The van der Waals surface area contributed by atoms with Gasteiger partial charge in [-0.05, 0) is 23.6 Å². The Morgan fingerprint density at radius 3 is 2.38 bits per heavy atom. The first-order valence-electron chi connectivity index (χ1n) is 7.40. The zero-order chi connectivity index (χ0) is 14.5. The molecule has 1 aliphatic heterocycles. The molecule has 1 saturated heterocycles. The van der Waals surface area contributed by atoms with Gasteiger partial charge in [-0.1, -0.05) is 60.7 Å². The zero-order valence-electron chi connectivity index (χ0n) is 12.0. The highest BCUT2D eigenvalue weighted by atomic mass is 16.2. The average Bonchev–Trinajstić information content (AvgIpc) is 3.04. The van der Waals surface area contributed by atoms with Crippen LogP contribution in [0.4, 0.5) is 0 Å². The van der Waals surface area contributed by atoms with Crippen molar-refractivity contribution < 1.29 is 4.79 Å². The molecule has 3 rings (SSSR count). The van der Waals surface area contributed by atoms with E-state index in [-0.39, 0.29) is 5.91 Å². The van der Waals surface area contributed by atoms with Crippen LogP contribution in [0.1, 0.15) is 23.5 Å². The molecule has 2 nitrogen and oxygen atoms in total. The Labute approximate surface area is 125 Å². The fraction of sp³-hybridized carbons (Fsp3) is 0.211. The summed E-state index contributed by atoms with van der Waals surface area (Å²) in [5.74, 6) is 0.581. The quantitative estimate of drug-likeness (QED) is 0.783. The number of rotatable bonds is 3. The van der Waals surface area contributed by atoms with Gasteiger partial charge in [0.25, 0.3) is 0 Å². The van der Waals surface area contributed by atoms with Crippen LogP contribution >= 0.6 is 0 Å². The van der Waals surface area contributed by atoms with Crippen molar-refractivity contribution in [1.29, 1.82) is 0 Å². The van der Waals surface area contributed by atoms with Crippen LogP contribution in [0, 0.1) is 0 Å². The van der Waals surface area contributed by atoms with Crippen LogP contribution in [0.5, 0.6) is 0 Å². The molecule has 0 spiro atoms. The first kappa shape index (κ1) is 13.6. The van der Waals surface area contributed by atoms with E-state index in [0.717, 1.165) is 25.1 Å². The Morgan fingerprint density at radius 2 is 1.67 bits per heavy atom. The van der Waals surface area contributed by atoms with E-state index in [2.05, 4.69) is 24.3 Å². The summed E-state index contributed by atoms with van der Waals surface area (Å²) in [7, 11) is 0. The van der Waals surface area contributed by atoms with Gasteiger partial charge in [0.05, 0.1) is 0 Å². The topological polar surface area (TPSA) is 20.3 Å². The second-order valence-electron chi connectivity index (χ2n) is 5.42. The largest absolute Gasteiger partial charge is 0.339 e. The summed E-state index contributed by atoms with van der Waals surface area (Å²) in [6.07, 6.45) is 4.62. The molecule has 1 heterocycles. The van der Waals surface area contributed by atoms with E-state index in [1.165, 1.54) is 5.56 Å². The van der Waals surface area contributed by atoms with Crippen LogP contribution in [0.15, 0.2) is 66.7 Å². The Bertz CT molecular complexity index is 619. The van der Waals surface area contributed by atoms with E-state index in [9.17, 15) is 4.79 Å². The van der Waals surface area contributed by atoms with Crippen LogP contribution in [0.25, 0.3) is 6.08 Å². The summed E-state index contributed by atoms with van der Waals surface area (Å²) >= 11 is 0. The van der Waals surface area contributed by atoms with Gasteiger partial charge in [0.2, 0.25) is 5.91 Å². The fourth-order valence-corrected chi connectivity index (χ4v) is 2.79. The van der Waals surface area contributed by atoms with Gasteiger partial charge in [-0.3, -0.25) is 4.79 Å². The van der Waals surface area contributed by atoms with Crippen LogP contribution in [-0.4, -0.2) is 23.9 Å². The summed E-state index contributed by atoms with van der Waals surface area (Å²) in [5.41, 5.74) is 2.39. The van der Waals surface area contributed by atoms with Gasteiger partial charge < -0.3 is 4.90 Å². The number of amides is 1. The van der Waals surface area contributed by atoms with Crippen LogP contribution in [0.3, 0.4) is 0 Å². The lowest BCUT2D eigenvalue weighted by atomic mass is 9.99. The minimum Gasteiger partial charge on any atom is -0.339 e. The van der Waals surface area contributed by atoms with E-state index < -0.39 is 0 Å². The summed E-state index contributed by atoms with van der Waals surface area (Å²) in [5, 5.41) is 0. The van der Waals surface area contributed by atoms with Crippen LogP contribution < -0.4 is 0 Å². The lowest BCUT2D eigenvalue weighted by molar-refractivity contribution is -0.124. The molecule has 0 radical (unpaired) electrons. The predicted octanol–water partition coefficient (Wildman–Crippen LogP) is 3.72. The van der Waals surface area contributed by atoms with E-state index in [0.29, 0.717) is 5.92 Å². The molecular weight excluding hydrogens is 258 g/mol. The maximum Gasteiger partial charge on any atom is 0.246 e. The second kappa shape index (κ2) is 6.40. The molecule has 2 aromatic rings. The van der Waals surface area contributed by atoms with Gasteiger partial charge in [-0.25, -0.2) is 0 Å². The van der Waals surface area contributed by atoms with Crippen molar-refractivity contribution in [2.45, 2.75) is 12.3 Å².